The molecule has 0 bridgehead atoms. The van der Waals surface area contributed by atoms with Crippen LogP contribution in [-0.4, -0.2) is 19.5 Å². The smallest absolute Gasteiger partial charge is 0.279 e. The van der Waals surface area contributed by atoms with E-state index in [1.807, 2.05) is 7.05 Å². The van der Waals surface area contributed by atoms with Crippen LogP contribution in [0, 0.1) is 5.82 Å². The van der Waals surface area contributed by atoms with Crippen LogP contribution in [0.25, 0.3) is 0 Å². The number of amides is 1. The SMILES string of the molecule is CCc1ccc(C[NH+](C)CC(=O)Nc2ccc(Br)cc2F)cc1. The van der Waals surface area contributed by atoms with Crippen molar-refractivity contribution >= 4 is 27.5 Å². The number of likely N-dealkylation sites (N-methyl/N-ethyl adjacent to an activating group) is 1. The number of hydrogen-bond acceptors (Lipinski definition) is 1. The van der Waals surface area contributed by atoms with Crippen LogP contribution in [0.2, 0.25) is 0 Å². The lowest BCUT2D eigenvalue weighted by atomic mass is 10.1. The lowest BCUT2D eigenvalue weighted by Crippen LogP contribution is -3.08. The second-order valence-electron chi connectivity index (χ2n) is 5.65. The van der Waals surface area contributed by atoms with Gasteiger partial charge in [0.1, 0.15) is 12.4 Å². The molecular formula is C18H21BrFN2O+. The monoisotopic (exact) mass is 379 g/mol. The van der Waals surface area contributed by atoms with Crippen molar-refractivity contribution in [2.24, 2.45) is 0 Å². The molecule has 0 aliphatic carbocycles. The van der Waals surface area contributed by atoms with Crippen molar-refractivity contribution in [3.8, 4) is 0 Å². The van der Waals surface area contributed by atoms with E-state index in [4.69, 9.17) is 0 Å². The lowest BCUT2D eigenvalue weighted by molar-refractivity contribution is -0.885. The predicted octanol–water partition coefficient (Wildman–Crippen LogP) is 2.80. The summed E-state index contributed by atoms with van der Waals surface area (Å²) in [5.41, 5.74) is 2.69. The normalized spacial score (nSPS) is 12.0. The highest BCUT2D eigenvalue weighted by Gasteiger charge is 2.13. The maximum Gasteiger partial charge on any atom is 0.279 e. The van der Waals surface area contributed by atoms with E-state index < -0.39 is 5.82 Å². The van der Waals surface area contributed by atoms with E-state index in [9.17, 15) is 9.18 Å². The van der Waals surface area contributed by atoms with Crippen LogP contribution < -0.4 is 10.2 Å². The van der Waals surface area contributed by atoms with Gasteiger partial charge in [-0.25, -0.2) is 4.39 Å². The highest BCUT2D eigenvalue weighted by Crippen LogP contribution is 2.18. The third kappa shape index (κ3) is 5.44. The summed E-state index contributed by atoms with van der Waals surface area (Å²) in [7, 11) is 1.95. The zero-order valence-electron chi connectivity index (χ0n) is 13.3. The molecule has 3 nitrogen and oxygen atoms in total. The highest BCUT2D eigenvalue weighted by atomic mass is 79.9. The molecule has 2 N–H and O–H groups in total. The van der Waals surface area contributed by atoms with Gasteiger partial charge in [0.15, 0.2) is 6.54 Å². The van der Waals surface area contributed by atoms with E-state index in [0.717, 1.165) is 17.9 Å². The second-order valence-corrected chi connectivity index (χ2v) is 6.57. The Kier molecular flexibility index (Phi) is 6.30. The molecule has 0 fully saturated rings. The molecule has 0 aliphatic heterocycles. The molecule has 0 saturated carbocycles. The Morgan fingerprint density at radius 2 is 1.83 bits per heavy atom. The average molecular weight is 380 g/mol. The highest BCUT2D eigenvalue weighted by molar-refractivity contribution is 9.10. The minimum Gasteiger partial charge on any atom is -0.326 e. The van der Waals surface area contributed by atoms with Crippen LogP contribution in [0.5, 0.6) is 0 Å². The quantitative estimate of drug-likeness (QED) is 0.794. The van der Waals surface area contributed by atoms with Gasteiger partial charge in [-0.1, -0.05) is 47.1 Å². The summed E-state index contributed by atoms with van der Waals surface area (Å²) < 4.78 is 14.4. The number of anilines is 1. The predicted molar refractivity (Wildman–Crippen MR) is 94.0 cm³/mol. The minimum atomic E-state index is -0.444. The molecule has 0 spiro atoms. The molecule has 122 valence electrons. The standard InChI is InChI=1S/C18H20BrFN2O/c1-3-13-4-6-14(7-5-13)11-22(2)12-18(23)21-17-9-8-15(19)10-16(17)20/h4-10H,3,11-12H2,1-2H3,(H,21,23)/p+1. The maximum atomic E-state index is 13.7. The summed E-state index contributed by atoms with van der Waals surface area (Å²) in [6.45, 7) is 3.16. The van der Waals surface area contributed by atoms with Crippen LogP contribution in [0.4, 0.5) is 10.1 Å². The van der Waals surface area contributed by atoms with Gasteiger partial charge in [0, 0.05) is 10.0 Å². The first-order valence-corrected chi connectivity index (χ1v) is 8.41. The van der Waals surface area contributed by atoms with E-state index >= 15 is 0 Å². The van der Waals surface area contributed by atoms with Gasteiger partial charge >= 0.3 is 0 Å². The van der Waals surface area contributed by atoms with Crippen molar-refractivity contribution < 1.29 is 14.1 Å². The Hall–Kier alpha value is -1.72. The van der Waals surface area contributed by atoms with Crippen molar-refractivity contribution in [1.82, 2.24) is 0 Å². The number of carbonyl (C=O) groups is 1. The van der Waals surface area contributed by atoms with Crippen molar-refractivity contribution in [2.75, 3.05) is 18.9 Å². The molecule has 0 heterocycles. The first-order chi connectivity index (χ1) is 11.0. The summed E-state index contributed by atoms with van der Waals surface area (Å²) in [6.07, 6.45) is 1.02. The fourth-order valence-corrected chi connectivity index (χ4v) is 2.70. The molecule has 2 aromatic carbocycles. The molecule has 5 heteroatoms. The molecule has 0 aliphatic rings. The number of halogens is 2. The first-order valence-electron chi connectivity index (χ1n) is 7.62. The number of nitrogens with one attached hydrogen (secondary N) is 2. The molecule has 0 saturated heterocycles. The van der Waals surface area contributed by atoms with Gasteiger partial charge in [-0.15, -0.1) is 0 Å². The largest absolute Gasteiger partial charge is 0.326 e. The van der Waals surface area contributed by atoms with Crippen LogP contribution >= 0.6 is 15.9 Å². The van der Waals surface area contributed by atoms with Crippen molar-refractivity contribution in [3.05, 3.63) is 63.9 Å². The molecule has 0 aromatic heterocycles. The van der Waals surface area contributed by atoms with Gasteiger partial charge < -0.3 is 10.2 Å². The van der Waals surface area contributed by atoms with Crippen LogP contribution in [0.1, 0.15) is 18.1 Å². The Labute approximate surface area is 144 Å². The fraction of sp³-hybridized carbons (Fsp3) is 0.278. The molecule has 2 aromatic rings. The number of hydrogen-bond donors (Lipinski definition) is 2. The van der Waals surface area contributed by atoms with Crippen molar-refractivity contribution in [3.63, 3.8) is 0 Å². The Morgan fingerprint density at radius 3 is 2.43 bits per heavy atom. The summed E-state index contributed by atoms with van der Waals surface area (Å²) in [6, 6.07) is 13.0. The molecule has 2 rings (SSSR count). The van der Waals surface area contributed by atoms with Gasteiger partial charge in [-0.05, 0) is 30.2 Å². The number of benzene rings is 2. The van der Waals surface area contributed by atoms with E-state index in [1.165, 1.54) is 17.2 Å². The average Bonchev–Trinajstić information content (AvgIpc) is 2.50. The second kappa shape index (κ2) is 8.22. The Bertz CT molecular complexity index is 673. The van der Waals surface area contributed by atoms with Crippen LogP contribution in [0.3, 0.4) is 0 Å². The van der Waals surface area contributed by atoms with Gasteiger partial charge in [0.25, 0.3) is 5.91 Å². The van der Waals surface area contributed by atoms with Gasteiger partial charge in [0.2, 0.25) is 0 Å². The number of carbonyl (C=O) groups excluding carboxylic acids is 1. The summed E-state index contributed by atoms with van der Waals surface area (Å²) in [4.78, 5) is 13.1. The molecule has 23 heavy (non-hydrogen) atoms. The zero-order chi connectivity index (χ0) is 16.8. The minimum absolute atomic E-state index is 0.200. The first kappa shape index (κ1) is 17.6. The van der Waals surface area contributed by atoms with E-state index in [-0.39, 0.29) is 18.1 Å². The van der Waals surface area contributed by atoms with E-state index in [1.54, 1.807) is 12.1 Å². The van der Waals surface area contributed by atoms with Crippen LogP contribution in [0.15, 0.2) is 46.9 Å². The summed E-state index contributed by atoms with van der Waals surface area (Å²) in [5.74, 6) is -0.644. The number of aryl methyl sites for hydroxylation is 1. The molecule has 1 unspecified atom stereocenters. The molecule has 1 amide bonds. The van der Waals surface area contributed by atoms with E-state index in [0.29, 0.717) is 4.47 Å². The van der Waals surface area contributed by atoms with Gasteiger partial charge in [-0.2, -0.15) is 0 Å². The van der Waals surface area contributed by atoms with E-state index in [2.05, 4.69) is 52.4 Å². The lowest BCUT2D eigenvalue weighted by Gasteiger charge is -2.14. The van der Waals surface area contributed by atoms with Gasteiger partial charge in [0.05, 0.1) is 12.7 Å². The molecule has 0 radical (unpaired) electrons. The van der Waals surface area contributed by atoms with Gasteiger partial charge in [-0.3, -0.25) is 4.79 Å². The Morgan fingerprint density at radius 1 is 1.17 bits per heavy atom. The third-order valence-corrected chi connectivity index (χ3v) is 4.10. The summed E-state index contributed by atoms with van der Waals surface area (Å²) in [5, 5.41) is 2.62. The number of rotatable bonds is 6. The zero-order valence-corrected chi connectivity index (χ0v) is 14.9. The van der Waals surface area contributed by atoms with Crippen LogP contribution in [-0.2, 0) is 17.8 Å². The Balaban J connectivity index is 1.88. The third-order valence-electron chi connectivity index (χ3n) is 3.60. The fourth-order valence-electron chi connectivity index (χ4n) is 2.36. The maximum absolute atomic E-state index is 13.7. The molecular weight excluding hydrogens is 359 g/mol. The van der Waals surface area contributed by atoms with Crippen molar-refractivity contribution in [1.29, 1.82) is 0 Å². The molecule has 1 atom stereocenters. The van der Waals surface area contributed by atoms with Crippen molar-refractivity contribution in [2.45, 2.75) is 19.9 Å². The topological polar surface area (TPSA) is 33.5 Å². The number of quaternary nitrogens is 1. The summed E-state index contributed by atoms with van der Waals surface area (Å²) >= 11 is 3.19.